The van der Waals surface area contributed by atoms with E-state index in [1.54, 1.807) is 18.4 Å². The first-order valence-corrected chi connectivity index (χ1v) is 9.34. The summed E-state index contributed by atoms with van der Waals surface area (Å²) < 4.78 is 12.7. The van der Waals surface area contributed by atoms with Gasteiger partial charge in [-0.1, -0.05) is 0 Å². The summed E-state index contributed by atoms with van der Waals surface area (Å²) in [4.78, 5) is 5.56. The maximum absolute atomic E-state index is 9.49. The molecule has 0 amide bonds. The molecule has 0 aliphatic heterocycles. The third kappa shape index (κ3) is 4.15. The SMILES string of the molecule is CCOc1ccc(-c2csc(=Nc3ccc(OC)cc3)n2CCO)cc1. The first-order chi connectivity index (χ1) is 12.7. The summed E-state index contributed by atoms with van der Waals surface area (Å²) in [5.41, 5.74) is 2.94. The van der Waals surface area contributed by atoms with Crippen LogP contribution >= 0.6 is 11.3 Å². The molecule has 0 saturated carbocycles. The molecule has 6 heteroatoms. The summed E-state index contributed by atoms with van der Waals surface area (Å²) in [6.45, 7) is 3.15. The number of aromatic nitrogens is 1. The minimum absolute atomic E-state index is 0.0521. The van der Waals surface area contributed by atoms with Crippen LogP contribution in [0.3, 0.4) is 0 Å². The molecule has 2 aromatic carbocycles. The fourth-order valence-electron chi connectivity index (χ4n) is 2.62. The molecule has 1 aromatic heterocycles. The lowest BCUT2D eigenvalue weighted by molar-refractivity contribution is 0.275. The Morgan fingerprint density at radius 1 is 1.04 bits per heavy atom. The van der Waals surface area contributed by atoms with Gasteiger partial charge in [0.25, 0.3) is 0 Å². The van der Waals surface area contributed by atoms with Crippen LogP contribution in [0, 0.1) is 0 Å². The van der Waals surface area contributed by atoms with Gasteiger partial charge >= 0.3 is 0 Å². The van der Waals surface area contributed by atoms with Gasteiger partial charge in [0, 0.05) is 11.9 Å². The number of benzene rings is 2. The quantitative estimate of drug-likeness (QED) is 0.687. The van der Waals surface area contributed by atoms with Gasteiger partial charge in [0.2, 0.25) is 0 Å². The molecule has 1 heterocycles. The maximum atomic E-state index is 9.49. The Hall–Kier alpha value is -2.57. The molecule has 3 rings (SSSR count). The third-order valence-electron chi connectivity index (χ3n) is 3.88. The Kier molecular flexibility index (Phi) is 6.09. The van der Waals surface area contributed by atoms with E-state index in [1.165, 1.54) is 0 Å². The second-order valence-corrected chi connectivity index (χ2v) is 6.38. The van der Waals surface area contributed by atoms with Crippen LogP contribution in [0.1, 0.15) is 6.92 Å². The monoisotopic (exact) mass is 370 g/mol. The molecular weight excluding hydrogens is 348 g/mol. The van der Waals surface area contributed by atoms with Crippen LogP contribution in [0.25, 0.3) is 11.3 Å². The van der Waals surface area contributed by atoms with E-state index in [-0.39, 0.29) is 6.61 Å². The number of nitrogens with zero attached hydrogens (tertiary/aromatic N) is 2. The molecule has 0 unspecified atom stereocenters. The standard InChI is InChI=1S/C20H22N2O3S/c1-3-25-18-8-4-15(5-9-18)19-14-26-20(22(19)12-13-23)21-16-6-10-17(24-2)11-7-16/h4-11,14,23H,3,12-13H2,1-2H3. The molecular formula is C20H22N2O3S. The molecule has 0 saturated heterocycles. The molecule has 1 N–H and O–H groups in total. The second-order valence-electron chi connectivity index (χ2n) is 5.55. The minimum atomic E-state index is 0.0521. The zero-order chi connectivity index (χ0) is 18.4. The van der Waals surface area contributed by atoms with E-state index in [9.17, 15) is 5.11 Å². The highest BCUT2D eigenvalue weighted by Crippen LogP contribution is 2.24. The second kappa shape index (κ2) is 8.69. The maximum Gasteiger partial charge on any atom is 0.190 e. The number of thiazole rings is 1. The van der Waals surface area contributed by atoms with Crippen molar-refractivity contribution in [2.24, 2.45) is 4.99 Å². The highest BCUT2D eigenvalue weighted by atomic mass is 32.1. The van der Waals surface area contributed by atoms with Gasteiger partial charge in [-0.15, -0.1) is 11.3 Å². The first kappa shape index (κ1) is 18.2. The van der Waals surface area contributed by atoms with E-state index in [2.05, 4.69) is 5.38 Å². The summed E-state index contributed by atoms with van der Waals surface area (Å²) in [6.07, 6.45) is 0. The largest absolute Gasteiger partial charge is 0.497 e. The molecule has 0 spiro atoms. The molecule has 5 nitrogen and oxygen atoms in total. The van der Waals surface area contributed by atoms with Crippen molar-refractivity contribution in [1.82, 2.24) is 4.57 Å². The van der Waals surface area contributed by atoms with Crippen LogP contribution in [0.2, 0.25) is 0 Å². The summed E-state index contributed by atoms with van der Waals surface area (Å²) >= 11 is 1.55. The number of ether oxygens (including phenoxy) is 2. The average Bonchev–Trinajstić information content (AvgIpc) is 3.06. The van der Waals surface area contributed by atoms with Crippen LogP contribution in [0.15, 0.2) is 58.9 Å². The first-order valence-electron chi connectivity index (χ1n) is 8.46. The van der Waals surface area contributed by atoms with Crippen molar-refractivity contribution < 1.29 is 14.6 Å². The Labute approximate surface area is 156 Å². The van der Waals surface area contributed by atoms with Crippen LogP contribution in [0.5, 0.6) is 11.5 Å². The smallest absolute Gasteiger partial charge is 0.190 e. The van der Waals surface area contributed by atoms with Crippen molar-refractivity contribution in [2.45, 2.75) is 13.5 Å². The Morgan fingerprint density at radius 3 is 2.35 bits per heavy atom. The number of rotatable bonds is 7. The van der Waals surface area contributed by atoms with Crippen molar-refractivity contribution in [3.63, 3.8) is 0 Å². The van der Waals surface area contributed by atoms with E-state index >= 15 is 0 Å². The Balaban J connectivity index is 1.98. The predicted octanol–water partition coefficient (Wildman–Crippen LogP) is 3.85. The van der Waals surface area contributed by atoms with Gasteiger partial charge in [0.15, 0.2) is 4.80 Å². The molecule has 0 radical (unpaired) electrons. The fourth-order valence-corrected chi connectivity index (χ4v) is 3.58. The molecule has 0 atom stereocenters. The van der Waals surface area contributed by atoms with Crippen molar-refractivity contribution in [1.29, 1.82) is 0 Å². The molecule has 0 bridgehead atoms. The predicted molar refractivity (Wildman–Crippen MR) is 104 cm³/mol. The molecule has 0 aliphatic carbocycles. The minimum Gasteiger partial charge on any atom is -0.497 e. The summed E-state index contributed by atoms with van der Waals surface area (Å²) in [5.74, 6) is 1.65. The van der Waals surface area contributed by atoms with Crippen molar-refractivity contribution in [3.8, 4) is 22.8 Å². The number of aliphatic hydroxyl groups is 1. The van der Waals surface area contributed by atoms with Crippen molar-refractivity contribution in [3.05, 3.63) is 58.7 Å². The normalized spacial score (nSPS) is 11.6. The fraction of sp³-hybridized carbons (Fsp3) is 0.250. The van der Waals surface area contributed by atoms with Gasteiger partial charge in [-0.25, -0.2) is 4.99 Å². The zero-order valence-electron chi connectivity index (χ0n) is 14.9. The molecule has 0 aliphatic rings. The van der Waals surface area contributed by atoms with Gasteiger partial charge in [-0.05, 0) is 61.0 Å². The lowest BCUT2D eigenvalue weighted by atomic mass is 10.1. The highest BCUT2D eigenvalue weighted by Gasteiger charge is 2.08. The van der Waals surface area contributed by atoms with E-state index in [0.717, 1.165) is 33.2 Å². The summed E-state index contributed by atoms with van der Waals surface area (Å²) in [5, 5.41) is 11.6. The van der Waals surface area contributed by atoms with Crippen molar-refractivity contribution >= 4 is 17.0 Å². The van der Waals surface area contributed by atoms with Crippen LogP contribution in [-0.2, 0) is 6.54 Å². The number of aliphatic hydroxyl groups excluding tert-OH is 1. The summed E-state index contributed by atoms with van der Waals surface area (Å²) in [7, 11) is 1.64. The molecule has 26 heavy (non-hydrogen) atoms. The van der Waals surface area contributed by atoms with Crippen LogP contribution in [0.4, 0.5) is 5.69 Å². The topological polar surface area (TPSA) is 56.0 Å². The highest BCUT2D eigenvalue weighted by molar-refractivity contribution is 7.07. The lowest BCUT2D eigenvalue weighted by Gasteiger charge is -2.09. The van der Waals surface area contributed by atoms with Crippen LogP contribution < -0.4 is 14.3 Å². The van der Waals surface area contributed by atoms with Crippen molar-refractivity contribution in [2.75, 3.05) is 20.3 Å². The molecule has 0 fully saturated rings. The number of methoxy groups -OCH3 is 1. The van der Waals surface area contributed by atoms with Gasteiger partial charge < -0.3 is 19.1 Å². The number of hydrogen-bond acceptors (Lipinski definition) is 5. The third-order valence-corrected chi connectivity index (χ3v) is 4.74. The van der Waals surface area contributed by atoms with Gasteiger partial charge in [-0.2, -0.15) is 0 Å². The average molecular weight is 370 g/mol. The Bertz CT molecular complexity index is 896. The van der Waals surface area contributed by atoms with Crippen LogP contribution in [-0.4, -0.2) is 30.0 Å². The number of hydrogen-bond donors (Lipinski definition) is 1. The summed E-state index contributed by atoms with van der Waals surface area (Å²) in [6, 6.07) is 15.6. The molecule has 3 aromatic rings. The lowest BCUT2D eigenvalue weighted by Crippen LogP contribution is -2.17. The van der Waals surface area contributed by atoms with E-state index in [0.29, 0.717) is 13.2 Å². The van der Waals surface area contributed by atoms with E-state index < -0.39 is 0 Å². The van der Waals surface area contributed by atoms with Gasteiger partial charge in [-0.3, -0.25) is 0 Å². The van der Waals surface area contributed by atoms with Gasteiger partial charge in [0.1, 0.15) is 11.5 Å². The van der Waals surface area contributed by atoms with E-state index in [4.69, 9.17) is 14.5 Å². The zero-order valence-corrected chi connectivity index (χ0v) is 15.7. The molecule has 136 valence electrons. The van der Waals surface area contributed by atoms with E-state index in [1.807, 2.05) is 60.0 Å². The Morgan fingerprint density at radius 2 is 1.73 bits per heavy atom. The van der Waals surface area contributed by atoms with Gasteiger partial charge in [0.05, 0.1) is 31.7 Å².